The van der Waals surface area contributed by atoms with Crippen molar-refractivity contribution in [3.8, 4) is 0 Å². The number of nitrogens with zero attached hydrogens (tertiary/aromatic N) is 1. The summed E-state index contributed by atoms with van der Waals surface area (Å²) in [7, 11) is 4.00. The highest BCUT2D eigenvalue weighted by Gasteiger charge is 2.56. The van der Waals surface area contributed by atoms with E-state index in [1.165, 1.54) is 0 Å². The average molecular weight is 303 g/mol. The van der Waals surface area contributed by atoms with Gasteiger partial charge in [-0.1, -0.05) is 30.3 Å². The molecule has 0 heterocycles. The number of rotatable bonds is 8. The maximum atomic E-state index is 12.3. The normalized spacial score (nSPS) is 15.4. The molecule has 2 amide bonds. The molecular formula is C17H25N3O2. The molecule has 1 aromatic carbocycles. The highest BCUT2D eigenvalue weighted by molar-refractivity contribution is 6.07. The molecule has 2 rings (SSSR count). The molecule has 0 saturated heterocycles. The van der Waals surface area contributed by atoms with Crippen molar-refractivity contribution in [1.82, 2.24) is 15.5 Å². The van der Waals surface area contributed by atoms with Gasteiger partial charge in [0.05, 0.1) is 0 Å². The Bertz CT molecular complexity index is 510. The number of benzene rings is 1. The monoisotopic (exact) mass is 303 g/mol. The quantitative estimate of drug-likeness (QED) is 0.559. The lowest BCUT2D eigenvalue weighted by atomic mass is 10.0. The van der Waals surface area contributed by atoms with Gasteiger partial charge in [0.1, 0.15) is 5.41 Å². The van der Waals surface area contributed by atoms with E-state index in [1.807, 2.05) is 44.4 Å². The van der Waals surface area contributed by atoms with Crippen LogP contribution in [0.4, 0.5) is 0 Å². The molecule has 22 heavy (non-hydrogen) atoms. The van der Waals surface area contributed by atoms with Gasteiger partial charge in [0, 0.05) is 13.1 Å². The summed E-state index contributed by atoms with van der Waals surface area (Å²) in [6.07, 6.45) is 2.18. The zero-order chi connectivity index (χ0) is 16.0. The first kappa shape index (κ1) is 16.5. The van der Waals surface area contributed by atoms with Crippen molar-refractivity contribution in [2.45, 2.75) is 25.8 Å². The smallest absolute Gasteiger partial charge is 0.235 e. The predicted octanol–water partition coefficient (Wildman–Crippen LogP) is 1.15. The van der Waals surface area contributed by atoms with Gasteiger partial charge in [-0.3, -0.25) is 9.59 Å². The molecule has 5 nitrogen and oxygen atoms in total. The Morgan fingerprint density at radius 1 is 1.09 bits per heavy atom. The van der Waals surface area contributed by atoms with Crippen molar-refractivity contribution in [1.29, 1.82) is 0 Å². The van der Waals surface area contributed by atoms with E-state index in [0.29, 0.717) is 25.9 Å². The summed E-state index contributed by atoms with van der Waals surface area (Å²) in [6.45, 7) is 2.01. The van der Waals surface area contributed by atoms with Gasteiger partial charge < -0.3 is 15.5 Å². The van der Waals surface area contributed by atoms with Crippen molar-refractivity contribution in [3.05, 3.63) is 35.9 Å². The van der Waals surface area contributed by atoms with E-state index in [9.17, 15) is 9.59 Å². The Kier molecular flexibility index (Phi) is 5.55. The van der Waals surface area contributed by atoms with Crippen LogP contribution >= 0.6 is 0 Å². The fourth-order valence-electron chi connectivity index (χ4n) is 2.40. The number of carbonyl (C=O) groups excluding carboxylic acids is 2. The topological polar surface area (TPSA) is 61.4 Å². The van der Waals surface area contributed by atoms with Gasteiger partial charge in [0.15, 0.2) is 0 Å². The van der Waals surface area contributed by atoms with Gasteiger partial charge in [-0.15, -0.1) is 0 Å². The second-order valence-electron chi connectivity index (χ2n) is 6.16. The molecule has 5 heteroatoms. The van der Waals surface area contributed by atoms with Crippen LogP contribution in [0, 0.1) is 5.41 Å². The van der Waals surface area contributed by atoms with E-state index < -0.39 is 5.41 Å². The molecule has 0 aromatic heterocycles. The van der Waals surface area contributed by atoms with Gasteiger partial charge in [-0.25, -0.2) is 0 Å². The summed E-state index contributed by atoms with van der Waals surface area (Å²) < 4.78 is 0. The lowest BCUT2D eigenvalue weighted by Crippen LogP contribution is -2.43. The molecule has 120 valence electrons. The maximum absolute atomic E-state index is 12.3. The summed E-state index contributed by atoms with van der Waals surface area (Å²) in [4.78, 5) is 26.6. The van der Waals surface area contributed by atoms with Gasteiger partial charge in [-0.2, -0.15) is 0 Å². The Morgan fingerprint density at radius 3 is 2.32 bits per heavy atom. The van der Waals surface area contributed by atoms with Crippen LogP contribution in [-0.4, -0.2) is 43.9 Å². The third kappa shape index (κ3) is 4.31. The zero-order valence-corrected chi connectivity index (χ0v) is 13.4. The Hall–Kier alpha value is -1.88. The molecule has 0 spiro atoms. The summed E-state index contributed by atoms with van der Waals surface area (Å²) in [5, 5.41) is 5.78. The first-order chi connectivity index (χ1) is 10.5. The molecule has 1 saturated carbocycles. The van der Waals surface area contributed by atoms with Crippen LogP contribution in [0.1, 0.15) is 24.8 Å². The third-order valence-corrected chi connectivity index (χ3v) is 3.98. The summed E-state index contributed by atoms with van der Waals surface area (Å²) in [5.41, 5.74) is 0.213. The average Bonchev–Trinajstić information content (AvgIpc) is 3.31. The minimum absolute atomic E-state index is 0.128. The molecule has 1 fully saturated rings. The van der Waals surface area contributed by atoms with Gasteiger partial charge in [-0.05, 0) is 45.5 Å². The number of nitrogens with one attached hydrogen (secondary N) is 2. The molecule has 1 aliphatic rings. The van der Waals surface area contributed by atoms with Crippen molar-refractivity contribution in [3.63, 3.8) is 0 Å². The van der Waals surface area contributed by atoms with E-state index in [4.69, 9.17) is 0 Å². The fraction of sp³-hybridized carbons (Fsp3) is 0.529. The van der Waals surface area contributed by atoms with Crippen LogP contribution < -0.4 is 10.6 Å². The molecule has 2 N–H and O–H groups in total. The van der Waals surface area contributed by atoms with E-state index in [2.05, 4.69) is 15.5 Å². The fourth-order valence-corrected chi connectivity index (χ4v) is 2.40. The second kappa shape index (κ2) is 7.40. The highest BCUT2D eigenvalue weighted by atomic mass is 16.2. The van der Waals surface area contributed by atoms with E-state index >= 15 is 0 Å². The number of amides is 2. The maximum Gasteiger partial charge on any atom is 0.235 e. The molecule has 1 aliphatic carbocycles. The third-order valence-electron chi connectivity index (χ3n) is 3.98. The van der Waals surface area contributed by atoms with Crippen molar-refractivity contribution >= 4 is 11.8 Å². The van der Waals surface area contributed by atoms with Crippen LogP contribution in [0.15, 0.2) is 30.3 Å². The number of carbonyl (C=O) groups is 2. The van der Waals surface area contributed by atoms with Crippen molar-refractivity contribution < 1.29 is 9.59 Å². The lowest BCUT2D eigenvalue weighted by molar-refractivity contribution is -0.137. The van der Waals surface area contributed by atoms with Crippen LogP contribution in [0.2, 0.25) is 0 Å². The predicted molar refractivity (Wildman–Crippen MR) is 86.1 cm³/mol. The Labute approximate surface area is 132 Å². The van der Waals surface area contributed by atoms with Crippen LogP contribution in [0.25, 0.3) is 0 Å². The minimum Gasteiger partial charge on any atom is -0.355 e. The van der Waals surface area contributed by atoms with Gasteiger partial charge in [0.25, 0.3) is 0 Å². The summed E-state index contributed by atoms with van der Waals surface area (Å²) >= 11 is 0. The zero-order valence-electron chi connectivity index (χ0n) is 13.4. The number of hydrogen-bond donors (Lipinski definition) is 2. The van der Waals surface area contributed by atoms with Crippen molar-refractivity contribution in [2.75, 3.05) is 27.2 Å². The first-order valence-electron chi connectivity index (χ1n) is 7.80. The van der Waals surface area contributed by atoms with Crippen LogP contribution in [-0.2, 0) is 16.1 Å². The van der Waals surface area contributed by atoms with Crippen molar-refractivity contribution in [2.24, 2.45) is 5.41 Å². The molecule has 1 aromatic rings. The molecule has 0 atom stereocenters. The van der Waals surface area contributed by atoms with E-state index in [1.54, 1.807) is 0 Å². The van der Waals surface area contributed by atoms with E-state index in [-0.39, 0.29) is 11.8 Å². The first-order valence-corrected chi connectivity index (χ1v) is 7.80. The Balaban J connectivity index is 1.77. The van der Waals surface area contributed by atoms with Crippen LogP contribution in [0.3, 0.4) is 0 Å². The largest absolute Gasteiger partial charge is 0.355 e. The standard InChI is InChI=1S/C17H25N3O2/c1-20(2)12-6-11-18-15(21)17(9-10-17)16(22)19-13-14-7-4-3-5-8-14/h3-5,7-8H,6,9-13H2,1-2H3,(H,18,21)(H,19,22). The molecule has 0 aliphatic heterocycles. The van der Waals surface area contributed by atoms with Crippen LogP contribution in [0.5, 0.6) is 0 Å². The number of hydrogen-bond acceptors (Lipinski definition) is 3. The lowest BCUT2D eigenvalue weighted by Gasteiger charge is -2.16. The molecule has 0 radical (unpaired) electrons. The highest BCUT2D eigenvalue weighted by Crippen LogP contribution is 2.46. The second-order valence-corrected chi connectivity index (χ2v) is 6.16. The molecule has 0 bridgehead atoms. The van der Waals surface area contributed by atoms with E-state index in [0.717, 1.165) is 18.5 Å². The Morgan fingerprint density at radius 2 is 1.73 bits per heavy atom. The van der Waals surface area contributed by atoms with Gasteiger partial charge in [0.2, 0.25) is 11.8 Å². The summed E-state index contributed by atoms with van der Waals surface area (Å²) in [6, 6.07) is 9.73. The van der Waals surface area contributed by atoms with Gasteiger partial charge >= 0.3 is 0 Å². The minimum atomic E-state index is -0.826. The molecular weight excluding hydrogens is 278 g/mol. The molecule has 0 unspecified atom stereocenters. The summed E-state index contributed by atoms with van der Waals surface area (Å²) in [5.74, 6) is -0.279. The SMILES string of the molecule is CN(C)CCCNC(=O)C1(C(=O)NCc2ccccc2)CC1.